The Balaban J connectivity index is 2.52. The highest BCUT2D eigenvalue weighted by Gasteiger charge is 2.08. The molecule has 0 aliphatic carbocycles. The Hall–Kier alpha value is -1.67. The van der Waals surface area contributed by atoms with Crippen molar-refractivity contribution in [2.75, 3.05) is 6.54 Å². The lowest BCUT2D eigenvalue weighted by molar-refractivity contribution is 0.610. The first kappa shape index (κ1) is 10.8. The summed E-state index contributed by atoms with van der Waals surface area (Å²) in [5, 5.41) is 0. The lowest BCUT2D eigenvalue weighted by atomic mass is 9.97. The van der Waals surface area contributed by atoms with E-state index in [0.29, 0.717) is 18.5 Å². The molecule has 0 heterocycles. The van der Waals surface area contributed by atoms with Crippen molar-refractivity contribution >= 4 is 0 Å². The molecule has 0 aliphatic rings. The molecule has 2 aromatic carbocycles. The Kier molecular flexibility index (Phi) is 3.32. The van der Waals surface area contributed by atoms with E-state index in [9.17, 15) is 4.39 Å². The minimum absolute atomic E-state index is 0.174. The van der Waals surface area contributed by atoms with E-state index < -0.39 is 0 Å². The van der Waals surface area contributed by atoms with Crippen molar-refractivity contribution in [1.29, 1.82) is 0 Å². The minimum Gasteiger partial charge on any atom is -0.330 e. The molecule has 0 amide bonds. The monoisotopic (exact) mass is 215 g/mol. The van der Waals surface area contributed by atoms with Gasteiger partial charge < -0.3 is 5.73 Å². The van der Waals surface area contributed by atoms with Crippen LogP contribution >= 0.6 is 0 Å². The third-order valence-corrected chi connectivity index (χ3v) is 2.60. The molecule has 2 rings (SSSR count). The van der Waals surface area contributed by atoms with Gasteiger partial charge in [0.15, 0.2) is 0 Å². The smallest absolute Gasteiger partial charge is 0.127 e. The third kappa shape index (κ3) is 2.12. The first-order chi connectivity index (χ1) is 7.83. The minimum atomic E-state index is -0.174. The van der Waals surface area contributed by atoms with Crippen molar-refractivity contribution < 1.29 is 4.39 Å². The van der Waals surface area contributed by atoms with E-state index in [1.54, 1.807) is 6.07 Å². The van der Waals surface area contributed by atoms with Crippen LogP contribution in [0.3, 0.4) is 0 Å². The molecule has 16 heavy (non-hydrogen) atoms. The van der Waals surface area contributed by atoms with Crippen LogP contribution < -0.4 is 5.73 Å². The van der Waals surface area contributed by atoms with Crippen LogP contribution in [-0.4, -0.2) is 6.54 Å². The van der Waals surface area contributed by atoms with Crippen molar-refractivity contribution in [1.82, 2.24) is 0 Å². The van der Waals surface area contributed by atoms with E-state index in [2.05, 4.69) is 0 Å². The van der Waals surface area contributed by atoms with Crippen LogP contribution in [0.5, 0.6) is 0 Å². The van der Waals surface area contributed by atoms with Crippen LogP contribution in [-0.2, 0) is 6.42 Å². The summed E-state index contributed by atoms with van der Waals surface area (Å²) in [7, 11) is 0. The zero-order valence-corrected chi connectivity index (χ0v) is 8.99. The van der Waals surface area contributed by atoms with Crippen LogP contribution in [0.1, 0.15) is 5.56 Å². The molecule has 1 nitrogen and oxygen atoms in total. The second kappa shape index (κ2) is 4.90. The summed E-state index contributed by atoms with van der Waals surface area (Å²) < 4.78 is 13.7. The fourth-order valence-electron chi connectivity index (χ4n) is 1.85. The van der Waals surface area contributed by atoms with E-state index in [1.807, 2.05) is 36.4 Å². The molecule has 82 valence electrons. The number of hydrogen-bond donors (Lipinski definition) is 1. The van der Waals surface area contributed by atoms with Crippen molar-refractivity contribution in [2.45, 2.75) is 6.42 Å². The molecular formula is C14H14FN. The SMILES string of the molecule is NCCc1c(F)cccc1-c1ccccc1. The molecule has 0 fully saturated rings. The van der Waals surface area contributed by atoms with Gasteiger partial charge in [-0.1, -0.05) is 42.5 Å². The van der Waals surface area contributed by atoms with Gasteiger partial charge in [-0.2, -0.15) is 0 Å². The van der Waals surface area contributed by atoms with E-state index in [1.165, 1.54) is 6.07 Å². The van der Waals surface area contributed by atoms with Gasteiger partial charge in [0, 0.05) is 0 Å². The molecule has 0 saturated heterocycles. The Morgan fingerprint density at radius 3 is 2.38 bits per heavy atom. The summed E-state index contributed by atoms with van der Waals surface area (Å²) in [6.45, 7) is 0.459. The van der Waals surface area contributed by atoms with E-state index >= 15 is 0 Å². The van der Waals surface area contributed by atoms with Crippen LogP contribution in [0.2, 0.25) is 0 Å². The van der Waals surface area contributed by atoms with Gasteiger partial charge >= 0.3 is 0 Å². The second-order valence-corrected chi connectivity index (χ2v) is 3.67. The Morgan fingerprint density at radius 1 is 0.938 bits per heavy atom. The largest absolute Gasteiger partial charge is 0.330 e. The lowest BCUT2D eigenvalue weighted by Gasteiger charge is -2.09. The number of benzene rings is 2. The second-order valence-electron chi connectivity index (χ2n) is 3.67. The molecule has 2 N–H and O–H groups in total. The maximum Gasteiger partial charge on any atom is 0.127 e. The van der Waals surface area contributed by atoms with Crippen LogP contribution in [0, 0.1) is 5.82 Å². The van der Waals surface area contributed by atoms with Crippen LogP contribution in [0.15, 0.2) is 48.5 Å². The van der Waals surface area contributed by atoms with Crippen LogP contribution in [0.4, 0.5) is 4.39 Å². The molecule has 0 spiro atoms. The summed E-state index contributed by atoms with van der Waals surface area (Å²) in [5.74, 6) is -0.174. The highest BCUT2D eigenvalue weighted by Crippen LogP contribution is 2.25. The zero-order valence-electron chi connectivity index (χ0n) is 8.99. The fourth-order valence-corrected chi connectivity index (χ4v) is 1.85. The van der Waals surface area contributed by atoms with Crippen molar-refractivity contribution in [2.24, 2.45) is 5.73 Å². The van der Waals surface area contributed by atoms with Gasteiger partial charge in [-0.05, 0) is 35.7 Å². The summed E-state index contributed by atoms with van der Waals surface area (Å²) in [5.41, 5.74) is 8.18. The zero-order chi connectivity index (χ0) is 11.4. The number of halogens is 1. The van der Waals surface area contributed by atoms with E-state index in [4.69, 9.17) is 5.73 Å². The average Bonchev–Trinajstić information content (AvgIpc) is 2.33. The molecule has 0 aliphatic heterocycles. The van der Waals surface area contributed by atoms with Gasteiger partial charge in [-0.25, -0.2) is 4.39 Å². The first-order valence-corrected chi connectivity index (χ1v) is 5.36. The molecule has 0 radical (unpaired) electrons. The van der Waals surface area contributed by atoms with Gasteiger partial charge in [0.25, 0.3) is 0 Å². The maximum atomic E-state index is 13.7. The predicted molar refractivity (Wildman–Crippen MR) is 64.6 cm³/mol. The molecule has 2 aromatic rings. The standard InChI is InChI=1S/C14H14FN/c15-14-8-4-7-12(13(14)9-10-16)11-5-2-1-3-6-11/h1-8H,9-10,16H2. The fraction of sp³-hybridized carbons (Fsp3) is 0.143. The number of hydrogen-bond acceptors (Lipinski definition) is 1. The normalized spacial score (nSPS) is 10.4. The van der Waals surface area contributed by atoms with E-state index in [-0.39, 0.29) is 5.82 Å². The third-order valence-electron chi connectivity index (χ3n) is 2.60. The molecule has 2 heteroatoms. The van der Waals surface area contributed by atoms with Crippen LogP contribution in [0.25, 0.3) is 11.1 Å². The van der Waals surface area contributed by atoms with Gasteiger partial charge in [0.1, 0.15) is 5.82 Å². The Bertz CT molecular complexity index is 465. The Labute approximate surface area is 94.7 Å². The van der Waals surface area contributed by atoms with Gasteiger partial charge in [0.05, 0.1) is 0 Å². The van der Waals surface area contributed by atoms with Gasteiger partial charge in [-0.15, -0.1) is 0 Å². The maximum absolute atomic E-state index is 13.7. The molecule has 0 bridgehead atoms. The topological polar surface area (TPSA) is 26.0 Å². The molecular weight excluding hydrogens is 201 g/mol. The summed E-state index contributed by atoms with van der Waals surface area (Å²) in [4.78, 5) is 0. The van der Waals surface area contributed by atoms with Crippen molar-refractivity contribution in [3.63, 3.8) is 0 Å². The highest BCUT2D eigenvalue weighted by molar-refractivity contribution is 5.67. The molecule has 0 atom stereocenters. The van der Waals surface area contributed by atoms with Crippen molar-refractivity contribution in [3.8, 4) is 11.1 Å². The highest BCUT2D eigenvalue weighted by atomic mass is 19.1. The summed E-state index contributed by atoms with van der Waals surface area (Å²) in [6.07, 6.45) is 0.566. The molecule has 0 aromatic heterocycles. The van der Waals surface area contributed by atoms with E-state index in [0.717, 1.165) is 11.1 Å². The van der Waals surface area contributed by atoms with Crippen molar-refractivity contribution in [3.05, 3.63) is 59.9 Å². The molecule has 0 saturated carbocycles. The van der Waals surface area contributed by atoms with Gasteiger partial charge in [0.2, 0.25) is 0 Å². The number of nitrogens with two attached hydrogens (primary N) is 1. The van der Waals surface area contributed by atoms with Gasteiger partial charge in [-0.3, -0.25) is 0 Å². The number of rotatable bonds is 3. The average molecular weight is 215 g/mol. The molecule has 0 unspecified atom stereocenters. The quantitative estimate of drug-likeness (QED) is 0.836. The lowest BCUT2D eigenvalue weighted by Crippen LogP contribution is -2.06. The summed E-state index contributed by atoms with van der Waals surface area (Å²) in [6, 6.07) is 15.0. The Morgan fingerprint density at radius 2 is 1.69 bits per heavy atom. The summed E-state index contributed by atoms with van der Waals surface area (Å²) >= 11 is 0. The first-order valence-electron chi connectivity index (χ1n) is 5.36. The predicted octanol–water partition coefficient (Wildman–Crippen LogP) is 2.99.